The van der Waals surface area contributed by atoms with Crippen LogP contribution in [-0.2, 0) is 0 Å². The van der Waals surface area contributed by atoms with Gasteiger partial charge in [0.15, 0.2) is 0 Å². The van der Waals surface area contributed by atoms with Crippen LogP contribution >= 0.6 is 11.6 Å². The summed E-state index contributed by atoms with van der Waals surface area (Å²) in [6.07, 6.45) is 3.23. The molecule has 0 saturated heterocycles. The lowest BCUT2D eigenvalue weighted by Crippen LogP contribution is -2.15. The highest BCUT2D eigenvalue weighted by atomic mass is 35.5. The van der Waals surface area contributed by atoms with Gasteiger partial charge in [0.25, 0.3) is 0 Å². The number of nitrogen functional groups attached to an aromatic ring is 1. The largest absolute Gasteiger partial charge is 0.384 e. The fourth-order valence-electron chi connectivity index (χ4n) is 1.49. The van der Waals surface area contributed by atoms with E-state index in [1.807, 2.05) is 25.1 Å². The van der Waals surface area contributed by atoms with E-state index in [4.69, 9.17) is 22.7 Å². The van der Waals surface area contributed by atoms with E-state index in [0.717, 1.165) is 11.3 Å². The Balaban J connectivity index is 2.62. The van der Waals surface area contributed by atoms with Gasteiger partial charge in [-0.3, -0.25) is 5.41 Å². The molecule has 0 saturated carbocycles. The topological polar surface area (TPSA) is 67.7 Å². The van der Waals surface area contributed by atoms with Crippen LogP contribution in [0.2, 0.25) is 5.02 Å². The van der Waals surface area contributed by atoms with Gasteiger partial charge in [-0.15, -0.1) is 0 Å². The molecule has 82 valence electrons. The monoisotopic (exact) mass is 234 g/mol. The van der Waals surface area contributed by atoms with Crippen molar-refractivity contribution < 1.29 is 0 Å². The van der Waals surface area contributed by atoms with E-state index in [2.05, 4.69) is 5.10 Å². The van der Waals surface area contributed by atoms with E-state index < -0.39 is 0 Å². The SMILES string of the molecule is Cc1ccc(C(=N)N)c(-n2cc(Cl)cn2)c1. The molecule has 2 aromatic rings. The molecule has 0 bridgehead atoms. The first-order valence-electron chi connectivity index (χ1n) is 4.73. The molecule has 16 heavy (non-hydrogen) atoms. The maximum atomic E-state index is 7.51. The first-order valence-corrected chi connectivity index (χ1v) is 5.11. The number of nitrogens with one attached hydrogen (secondary N) is 1. The van der Waals surface area contributed by atoms with Crippen molar-refractivity contribution in [2.45, 2.75) is 6.92 Å². The Hall–Kier alpha value is -1.81. The molecule has 0 fully saturated rings. The number of amidine groups is 1. The zero-order valence-electron chi connectivity index (χ0n) is 8.74. The molecule has 0 radical (unpaired) electrons. The van der Waals surface area contributed by atoms with Gasteiger partial charge >= 0.3 is 0 Å². The molecule has 0 aliphatic carbocycles. The summed E-state index contributed by atoms with van der Waals surface area (Å²) in [5, 5.41) is 12.2. The summed E-state index contributed by atoms with van der Waals surface area (Å²) in [4.78, 5) is 0. The Morgan fingerprint density at radius 3 is 2.81 bits per heavy atom. The molecule has 1 aromatic carbocycles. The molecule has 0 unspecified atom stereocenters. The zero-order valence-corrected chi connectivity index (χ0v) is 9.49. The molecule has 0 aliphatic heterocycles. The van der Waals surface area contributed by atoms with Crippen molar-refractivity contribution in [1.29, 1.82) is 5.41 Å². The number of halogens is 1. The number of hydrogen-bond donors (Lipinski definition) is 2. The average molecular weight is 235 g/mol. The second-order valence-corrected chi connectivity index (χ2v) is 3.97. The Morgan fingerprint density at radius 1 is 1.50 bits per heavy atom. The van der Waals surface area contributed by atoms with Crippen LogP contribution in [0.25, 0.3) is 5.69 Å². The van der Waals surface area contributed by atoms with Crippen molar-refractivity contribution in [1.82, 2.24) is 9.78 Å². The third-order valence-electron chi connectivity index (χ3n) is 2.24. The van der Waals surface area contributed by atoms with Gasteiger partial charge < -0.3 is 5.73 Å². The highest BCUT2D eigenvalue weighted by Crippen LogP contribution is 2.17. The van der Waals surface area contributed by atoms with Gasteiger partial charge in [-0.05, 0) is 24.6 Å². The Kier molecular flexibility index (Phi) is 2.66. The molecule has 3 N–H and O–H groups in total. The third-order valence-corrected chi connectivity index (χ3v) is 2.44. The molecule has 2 rings (SSSR count). The summed E-state index contributed by atoms with van der Waals surface area (Å²) in [5.41, 5.74) is 8.00. The van der Waals surface area contributed by atoms with Crippen LogP contribution in [0.3, 0.4) is 0 Å². The summed E-state index contributed by atoms with van der Waals surface area (Å²) < 4.78 is 1.62. The lowest BCUT2D eigenvalue weighted by atomic mass is 10.1. The lowest BCUT2D eigenvalue weighted by molar-refractivity contribution is 0.876. The number of hydrogen-bond acceptors (Lipinski definition) is 2. The van der Waals surface area contributed by atoms with Crippen molar-refractivity contribution in [3.8, 4) is 5.69 Å². The van der Waals surface area contributed by atoms with Crippen molar-refractivity contribution in [3.05, 3.63) is 46.7 Å². The predicted molar refractivity (Wildman–Crippen MR) is 64.3 cm³/mol. The van der Waals surface area contributed by atoms with Crippen LogP contribution in [0, 0.1) is 12.3 Å². The van der Waals surface area contributed by atoms with Crippen molar-refractivity contribution >= 4 is 17.4 Å². The van der Waals surface area contributed by atoms with Gasteiger partial charge in [-0.25, -0.2) is 4.68 Å². The minimum absolute atomic E-state index is 0.0154. The highest BCUT2D eigenvalue weighted by Gasteiger charge is 2.08. The van der Waals surface area contributed by atoms with Crippen LogP contribution in [0.5, 0.6) is 0 Å². The fourth-order valence-corrected chi connectivity index (χ4v) is 1.63. The maximum Gasteiger partial charge on any atom is 0.124 e. The minimum Gasteiger partial charge on any atom is -0.384 e. The lowest BCUT2D eigenvalue weighted by Gasteiger charge is -2.09. The molecule has 0 atom stereocenters. The smallest absolute Gasteiger partial charge is 0.124 e. The van der Waals surface area contributed by atoms with E-state index in [9.17, 15) is 0 Å². The van der Waals surface area contributed by atoms with Crippen molar-refractivity contribution in [3.63, 3.8) is 0 Å². The van der Waals surface area contributed by atoms with Crippen LogP contribution in [0.15, 0.2) is 30.6 Å². The quantitative estimate of drug-likeness (QED) is 0.617. The molecule has 1 heterocycles. The van der Waals surface area contributed by atoms with Crippen molar-refractivity contribution in [2.75, 3.05) is 0 Å². The third kappa shape index (κ3) is 1.92. The predicted octanol–water partition coefficient (Wildman–Crippen LogP) is 2.12. The summed E-state index contributed by atoms with van der Waals surface area (Å²) in [5.74, 6) is 0.0154. The first-order chi connectivity index (χ1) is 7.58. The molecule has 4 nitrogen and oxygen atoms in total. The molecule has 1 aromatic heterocycles. The summed E-state index contributed by atoms with van der Waals surface area (Å²) in [6, 6.07) is 5.63. The number of nitrogens with two attached hydrogens (primary N) is 1. The highest BCUT2D eigenvalue weighted by molar-refractivity contribution is 6.30. The fraction of sp³-hybridized carbons (Fsp3) is 0.0909. The Labute approximate surface area is 98.2 Å². The summed E-state index contributed by atoms with van der Waals surface area (Å²) in [6.45, 7) is 1.97. The van der Waals surface area contributed by atoms with Gasteiger partial charge in [-0.2, -0.15) is 5.10 Å². The zero-order chi connectivity index (χ0) is 11.7. The van der Waals surface area contributed by atoms with Crippen molar-refractivity contribution in [2.24, 2.45) is 5.73 Å². The van der Waals surface area contributed by atoms with Gasteiger partial charge in [0, 0.05) is 11.8 Å². The van der Waals surface area contributed by atoms with Crippen LogP contribution in [0.4, 0.5) is 0 Å². The van der Waals surface area contributed by atoms with E-state index in [0.29, 0.717) is 10.6 Å². The van der Waals surface area contributed by atoms with Crippen LogP contribution in [0.1, 0.15) is 11.1 Å². The number of aromatic nitrogens is 2. The maximum absolute atomic E-state index is 7.51. The van der Waals surface area contributed by atoms with E-state index in [1.165, 1.54) is 0 Å². The molecule has 0 amide bonds. The van der Waals surface area contributed by atoms with Crippen LogP contribution < -0.4 is 5.73 Å². The standard InChI is InChI=1S/C11H11ClN4/c1-7-2-3-9(11(13)14)10(4-7)16-6-8(12)5-15-16/h2-6H,1H3,(H3,13,14). The Bertz CT molecular complexity index is 545. The number of rotatable bonds is 2. The van der Waals surface area contributed by atoms with E-state index >= 15 is 0 Å². The van der Waals surface area contributed by atoms with E-state index in [1.54, 1.807) is 17.1 Å². The molecule has 0 aliphatic rings. The average Bonchev–Trinajstić information content (AvgIpc) is 2.64. The minimum atomic E-state index is 0.0154. The number of nitrogens with zero attached hydrogens (tertiary/aromatic N) is 2. The number of aryl methyl sites for hydroxylation is 1. The first kappa shape index (κ1) is 10.7. The molecule has 0 spiro atoms. The summed E-state index contributed by atoms with van der Waals surface area (Å²) in [7, 11) is 0. The second-order valence-electron chi connectivity index (χ2n) is 3.54. The van der Waals surface area contributed by atoms with E-state index in [-0.39, 0.29) is 5.84 Å². The van der Waals surface area contributed by atoms with Gasteiger partial charge in [0.05, 0.1) is 16.9 Å². The van der Waals surface area contributed by atoms with Gasteiger partial charge in [-0.1, -0.05) is 17.7 Å². The normalized spacial score (nSPS) is 10.4. The van der Waals surface area contributed by atoms with Gasteiger partial charge in [0.1, 0.15) is 5.84 Å². The molecular weight excluding hydrogens is 224 g/mol. The second kappa shape index (κ2) is 3.98. The molecular formula is C11H11ClN4. The summed E-state index contributed by atoms with van der Waals surface area (Å²) >= 11 is 5.81. The Morgan fingerprint density at radius 2 is 2.25 bits per heavy atom. The number of benzene rings is 1. The van der Waals surface area contributed by atoms with Crippen LogP contribution in [-0.4, -0.2) is 15.6 Å². The van der Waals surface area contributed by atoms with Gasteiger partial charge in [0.2, 0.25) is 0 Å². The molecule has 5 heteroatoms.